The molecule has 0 aliphatic heterocycles. The zero-order valence-corrected chi connectivity index (χ0v) is 10.5. The Bertz CT molecular complexity index is 760. The monoisotopic (exact) mass is 265 g/mol. The molecule has 1 aromatic heterocycles. The fourth-order valence-electron chi connectivity index (χ4n) is 1.81. The Hall–Kier alpha value is -2.88. The normalized spacial score (nSPS) is 11.0. The minimum atomic E-state index is -0.485. The van der Waals surface area contributed by atoms with Crippen LogP contribution in [0.25, 0.3) is 11.0 Å². The summed E-state index contributed by atoms with van der Waals surface area (Å²) in [5.41, 5.74) is 2.03. The highest BCUT2D eigenvalue weighted by Gasteiger charge is 2.04. The van der Waals surface area contributed by atoms with Crippen molar-refractivity contribution in [1.82, 2.24) is 0 Å². The predicted molar refractivity (Wildman–Crippen MR) is 75.7 cm³/mol. The summed E-state index contributed by atoms with van der Waals surface area (Å²) in [5.74, 6) is -0.485. The zero-order chi connectivity index (χ0) is 13.8. The van der Waals surface area contributed by atoms with Crippen molar-refractivity contribution in [1.29, 1.82) is 0 Å². The summed E-state index contributed by atoms with van der Waals surface area (Å²) in [6, 6.07) is 16.2. The SMILES string of the molecule is O=C(ON=Cc1ccc2ccoc2c1)c1ccccc1. The van der Waals surface area contributed by atoms with Gasteiger partial charge in [0.15, 0.2) is 0 Å². The maximum absolute atomic E-state index is 11.7. The summed E-state index contributed by atoms with van der Waals surface area (Å²) in [7, 11) is 0. The molecule has 3 rings (SSSR count). The van der Waals surface area contributed by atoms with E-state index in [9.17, 15) is 4.79 Å². The second-order valence-electron chi connectivity index (χ2n) is 4.20. The molecule has 0 radical (unpaired) electrons. The van der Waals surface area contributed by atoms with Crippen LogP contribution < -0.4 is 0 Å². The molecule has 0 fully saturated rings. The number of benzene rings is 2. The molecular weight excluding hydrogens is 254 g/mol. The predicted octanol–water partition coefficient (Wildman–Crippen LogP) is 3.62. The van der Waals surface area contributed by atoms with Gasteiger partial charge in [-0.25, -0.2) is 4.79 Å². The van der Waals surface area contributed by atoms with Crippen molar-refractivity contribution in [3.05, 3.63) is 72.0 Å². The highest BCUT2D eigenvalue weighted by molar-refractivity contribution is 5.91. The molecule has 0 unspecified atom stereocenters. The van der Waals surface area contributed by atoms with Gasteiger partial charge in [-0.1, -0.05) is 35.5 Å². The second-order valence-corrected chi connectivity index (χ2v) is 4.20. The van der Waals surface area contributed by atoms with Crippen LogP contribution in [0, 0.1) is 0 Å². The lowest BCUT2D eigenvalue weighted by atomic mass is 10.2. The highest BCUT2D eigenvalue weighted by Crippen LogP contribution is 2.16. The van der Waals surface area contributed by atoms with E-state index in [4.69, 9.17) is 9.25 Å². The minimum Gasteiger partial charge on any atom is -0.464 e. The lowest BCUT2D eigenvalue weighted by Crippen LogP contribution is -2.00. The highest BCUT2D eigenvalue weighted by atomic mass is 16.7. The first-order valence-electron chi connectivity index (χ1n) is 6.10. The molecule has 1 heterocycles. The van der Waals surface area contributed by atoms with Crippen molar-refractivity contribution in [3.8, 4) is 0 Å². The van der Waals surface area contributed by atoms with Crippen LogP contribution in [-0.2, 0) is 4.84 Å². The van der Waals surface area contributed by atoms with Gasteiger partial charge in [0.1, 0.15) is 5.58 Å². The Kier molecular flexibility index (Phi) is 3.29. The quantitative estimate of drug-likeness (QED) is 0.413. The van der Waals surface area contributed by atoms with Crippen LogP contribution in [-0.4, -0.2) is 12.2 Å². The number of hydrogen-bond donors (Lipinski definition) is 0. The van der Waals surface area contributed by atoms with E-state index in [2.05, 4.69) is 5.16 Å². The molecule has 0 saturated carbocycles. The van der Waals surface area contributed by atoms with Crippen LogP contribution in [0.1, 0.15) is 15.9 Å². The van der Waals surface area contributed by atoms with Gasteiger partial charge in [-0.2, -0.15) is 0 Å². The summed E-state index contributed by atoms with van der Waals surface area (Å²) in [6.45, 7) is 0. The third-order valence-electron chi connectivity index (χ3n) is 2.83. The molecule has 0 spiro atoms. The van der Waals surface area contributed by atoms with Gasteiger partial charge < -0.3 is 9.25 Å². The van der Waals surface area contributed by atoms with Crippen molar-refractivity contribution in [2.45, 2.75) is 0 Å². The fraction of sp³-hybridized carbons (Fsp3) is 0. The van der Waals surface area contributed by atoms with Crippen LogP contribution in [0.3, 0.4) is 0 Å². The van der Waals surface area contributed by atoms with Crippen LogP contribution in [0.5, 0.6) is 0 Å². The Morgan fingerprint density at radius 3 is 2.80 bits per heavy atom. The molecule has 2 aromatic carbocycles. The summed E-state index contributed by atoms with van der Waals surface area (Å²) in [6.07, 6.45) is 3.10. The van der Waals surface area contributed by atoms with Crippen LogP contribution in [0.15, 0.2) is 70.4 Å². The second kappa shape index (κ2) is 5.40. The van der Waals surface area contributed by atoms with E-state index < -0.39 is 5.97 Å². The molecule has 4 heteroatoms. The van der Waals surface area contributed by atoms with Gasteiger partial charge in [-0.3, -0.25) is 0 Å². The van der Waals surface area contributed by atoms with Crippen LogP contribution in [0.2, 0.25) is 0 Å². The number of fused-ring (bicyclic) bond motifs is 1. The molecule has 0 amide bonds. The molecule has 4 nitrogen and oxygen atoms in total. The van der Waals surface area contributed by atoms with Crippen molar-refractivity contribution >= 4 is 23.2 Å². The minimum absolute atomic E-state index is 0.464. The van der Waals surface area contributed by atoms with E-state index in [1.54, 1.807) is 30.5 Å². The Morgan fingerprint density at radius 1 is 1.10 bits per heavy atom. The lowest BCUT2D eigenvalue weighted by Gasteiger charge is -1.97. The topological polar surface area (TPSA) is 51.8 Å². The van der Waals surface area contributed by atoms with E-state index in [0.717, 1.165) is 16.5 Å². The first kappa shape index (κ1) is 12.2. The number of furan rings is 1. The Morgan fingerprint density at radius 2 is 1.95 bits per heavy atom. The van der Waals surface area contributed by atoms with Gasteiger partial charge in [-0.05, 0) is 29.8 Å². The maximum Gasteiger partial charge on any atom is 0.365 e. The van der Waals surface area contributed by atoms with E-state index in [1.165, 1.54) is 6.21 Å². The van der Waals surface area contributed by atoms with Crippen LogP contribution in [0.4, 0.5) is 0 Å². The molecule has 0 N–H and O–H groups in total. The summed E-state index contributed by atoms with van der Waals surface area (Å²) in [5, 5.41) is 4.71. The molecule has 0 bridgehead atoms. The number of rotatable bonds is 3. The van der Waals surface area contributed by atoms with Gasteiger partial charge in [0, 0.05) is 5.39 Å². The maximum atomic E-state index is 11.7. The molecule has 0 aliphatic carbocycles. The molecule has 0 atom stereocenters. The number of carbonyl (C=O) groups is 1. The average Bonchev–Trinajstić information content (AvgIpc) is 2.95. The third kappa shape index (κ3) is 2.59. The molecule has 98 valence electrons. The van der Waals surface area contributed by atoms with Gasteiger partial charge in [0.25, 0.3) is 0 Å². The van der Waals surface area contributed by atoms with Crippen LogP contribution >= 0.6 is 0 Å². The molecule has 3 aromatic rings. The summed E-state index contributed by atoms with van der Waals surface area (Å²) < 4.78 is 5.29. The van der Waals surface area contributed by atoms with Crippen molar-refractivity contribution in [3.63, 3.8) is 0 Å². The van der Waals surface area contributed by atoms with E-state index in [-0.39, 0.29) is 0 Å². The Labute approximate surface area is 115 Å². The van der Waals surface area contributed by atoms with E-state index in [1.807, 2.05) is 30.3 Å². The molecular formula is C16H11NO3. The first-order chi connectivity index (χ1) is 9.83. The summed E-state index contributed by atoms with van der Waals surface area (Å²) >= 11 is 0. The largest absolute Gasteiger partial charge is 0.464 e. The Balaban J connectivity index is 1.69. The third-order valence-corrected chi connectivity index (χ3v) is 2.83. The average molecular weight is 265 g/mol. The number of carbonyl (C=O) groups excluding carboxylic acids is 1. The fourth-order valence-corrected chi connectivity index (χ4v) is 1.81. The standard InChI is InChI=1S/C16H11NO3/c18-16(14-4-2-1-3-5-14)20-17-11-12-6-7-13-8-9-19-15(13)10-12/h1-11H. The lowest BCUT2D eigenvalue weighted by molar-refractivity contribution is 0.0519. The molecule has 0 aliphatic rings. The van der Waals surface area contributed by atoms with Gasteiger partial charge in [-0.15, -0.1) is 0 Å². The first-order valence-corrected chi connectivity index (χ1v) is 6.10. The van der Waals surface area contributed by atoms with Gasteiger partial charge in [0.2, 0.25) is 0 Å². The summed E-state index contributed by atoms with van der Waals surface area (Å²) in [4.78, 5) is 16.5. The van der Waals surface area contributed by atoms with Crippen molar-refractivity contribution in [2.75, 3.05) is 0 Å². The van der Waals surface area contributed by atoms with E-state index in [0.29, 0.717) is 5.56 Å². The van der Waals surface area contributed by atoms with Gasteiger partial charge >= 0.3 is 5.97 Å². The van der Waals surface area contributed by atoms with Crippen molar-refractivity contribution in [2.24, 2.45) is 5.16 Å². The zero-order valence-electron chi connectivity index (χ0n) is 10.5. The molecule has 0 saturated heterocycles. The molecule has 20 heavy (non-hydrogen) atoms. The van der Waals surface area contributed by atoms with Gasteiger partial charge in [0.05, 0.1) is 18.0 Å². The number of hydrogen-bond acceptors (Lipinski definition) is 4. The van der Waals surface area contributed by atoms with E-state index >= 15 is 0 Å². The number of nitrogens with zero attached hydrogens (tertiary/aromatic N) is 1. The smallest absolute Gasteiger partial charge is 0.365 e. The van der Waals surface area contributed by atoms with Crippen molar-refractivity contribution < 1.29 is 14.0 Å². The number of oxime groups is 1.